The molecule has 0 aromatic heterocycles. The molecule has 0 saturated heterocycles. The number of halogens is 1. The summed E-state index contributed by atoms with van der Waals surface area (Å²) in [7, 11) is 0. The highest BCUT2D eigenvalue weighted by atomic mass is 79.9. The van der Waals surface area contributed by atoms with Gasteiger partial charge in [0.2, 0.25) is 0 Å². The summed E-state index contributed by atoms with van der Waals surface area (Å²) >= 11 is 5.33. The smallest absolute Gasteiger partial charge is 0.0345 e. The second-order valence-electron chi connectivity index (χ2n) is 2.76. The van der Waals surface area contributed by atoms with Crippen LogP contribution in [0.3, 0.4) is 0 Å². The molecule has 0 fully saturated rings. The van der Waals surface area contributed by atoms with Crippen LogP contribution in [0.1, 0.15) is 18.4 Å². The van der Waals surface area contributed by atoms with Crippen molar-refractivity contribution in [1.29, 1.82) is 0 Å². The summed E-state index contributed by atoms with van der Waals surface area (Å²) in [6, 6.07) is 6.30. The first kappa shape index (κ1) is 10.1. The SMILES string of the molecule is [CH2]C(C)c1cccc(SC)c1Br. The average molecular weight is 244 g/mol. The molecule has 12 heavy (non-hydrogen) atoms. The predicted octanol–water partition coefficient (Wildman–Crippen LogP) is 4.11. The average Bonchev–Trinajstić information content (AvgIpc) is 2.04. The summed E-state index contributed by atoms with van der Waals surface area (Å²) in [6.07, 6.45) is 2.08. The van der Waals surface area contributed by atoms with Crippen molar-refractivity contribution < 1.29 is 0 Å². The first-order chi connectivity index (χ1) is 5.66. The fourth-order valence-corrected chi connectivity index (χ4v) is 2.72. The Labute approximate surface area is 86.9 Å². The van der Waals surface area contributed by atoms with Crippen molar-refractivity contribution in [2.75, 3.05) is 6.26 Å². The first-order valence-electron chi connectivity index (χ1n) is 3.82. The summed E-state index contributed by atoms with van der Waals surface area (Å²) in [4.78, 5) is 1.28. The Bertz CT molecular complexity index is 269. The van der Waals surface area contributed by atoms with Gasteiger partial charge in [-0.3, -0.25) is 0 Å². The van der Waals surface area contributed by atoms with Crippen molar-refractivity contribution in [3.63, 3.8) is 0 Å². The number of hydrogen-bond acceptors (Lipinski definition) is 1. The van der Waals surface area contributed by atoms with Gasteiger partial charge in [-0.2, -0.15) is 0 Å². The van der Waals surface area contributed by atoms with Crippen molar-refractivity contribution in [2.45, 2.75) is 17.7 Å². The fourth-order valence-electron chi connectivity index (χ4n) is 1.07. The van der Waals surface area contributed by atoms with Crippen LogP contribution in [0.5, 0.6) is 0 Å². The lowest BCUT2D eigenvalue weighted by molar-refractivity contribution is 0.947. The van der Waals surface area contributed by atoms with Crippen LogP contribution in [-0.4, -0.2) is 6.26 Å². The van der Waals surface area contributed by atoms with Crippen molar-refractivity contribution >= 4 is 27.7 Å². The van der Waals surface area contributed by atoms with E-state index in [9.17, 15) is 0 Å². The molecule has 0 spiro atoms. The lowest BCUT2D eigenvalue weighted by atomic mass is 10.0. The van der Waals surface area contributed by atoms with Crippen molar-refractivity contribution in [1.82, 2.24) is 0 Å². The van der Waals surface area contributed by atoms with Crippen LogP contribution in [0.15, 0.2) is 27.6 Å². The number of rotatable bonds is 2. The van der Waals surface area contributed by atoms with Crippen LogP contribution in [-0.2, 0) is 0 Å². The van der Waals surface area contributed by atoms with Crippen molar-refractivity contribution in [3.05, 3.63) is 35.2 Å². The van der Waals surface area contributed by atoms with E-state index in [2.05, 4.69) is 54.2 Å². The summed E-state index contributed by atoms with van der Waals surface area (Å²) in [6.45, 7) is 6.11. The summed E-state index contributed by atoms with van der Waals surface area (Å²) in [5.74, 6) is 0.339. The quantitative estimate of drug-likeness (QED) is 0.705. The topological polar surface area (TPSA) is 0 Å². The Morgan fingerprint density at radius 3 is 2.67 bits per heavy atom. The highest BCUT2D eigenvalue weighted by molar-refractivity contribution is 9.10. The zero-order chi connectivity index (χ0) is 9.14. The minimum Gasteiger partial charge on any atom is -0.128 e. The minimum absolute atomic E-state index is 0.339. The highest BCUT2D eigenvalue weighted by Crippen LogP contribution is 2.32. The maximum absolute atomic E-state index is 4.01. The predicted molar refractivity (Wildman–Crippen MR) is 59.7 cm³/mol. The molecule has 1 aromatic carbocycles. The van der Waals surface area contributed by atoms with Gasteiger partial charge in [0.15, 0.2) is 0 Å². The van der Waals surface area contributed by atoms with Gasteiger partial charge < -0.3 is 0 Å². The van der Waals surface area contributed by atoms with Gasteiger partial charge in [-0.25, -0.2) is 0 Å². The van der Waals surface area contributed by atoms with E-state index in [1.165, 1.54) is 14.9 Å². The molecule has 1 aromatic rings. The third-order valence-electron chi connectivity index (χ3n) is 1.74. The lowest BCUT2D eigenvalue weighted by Gasteiger charge is -2.10. The van der Waals surface area contributed by atoms with Crippen LogP contribution in [0.25, 0.3) is 0 Å². The van der Waals surface area contributed by atoms with Crippen LogP contribution in [0.2, 0.25) is 0 Å². The van der Waals surface area contributed by atoms with E-state index in [4.69, 9.17) is 0 Å². The maximum Gasteiger partial charge on any atom is 0.0345 e. The summed E-state index contributed by atoms with van der Waals surface area (Å²) in [5, 5.41) is 0. The van der Waals surface area contributed by atoms with Gasteiger partial charge in [-0.1, -0.05) is 19.1 Å². The second kappa shape index (κ2) is 4.33. The number of benzene rings is 1. The first-order valence-corrected chi connectivity index (χ1v) is 5.84. The molecule has 0 saturated carbocycles. The molecule has 1 atom stereocenters. The molecule has 0 aliphatic carbocycles. The number of thioether (sulfide) groups is 1. The van der Waals surface area contributed by atoms with Crippen molar-refractivity contribution in [3.8, 4) is 0 Å². The van der Waals surface area contributed by atoms with Crippen LogP contribution < -0.4 is 0 Å². The molecule has 0 aliphatic rings. The summed E-state index contributed by atoms with van der Waals surface area (Å²) in [5.41, 5.74) is 1.28. The van der Waals surface area contributed by atoms with Crippen LogP contribution >= 0.6 is 27.7 Å². The molecule has 0 N–H and O–H groups in total. The molecule has 1 unspecified atom stereocenters. The Morgan fingerprint density at radius 1 is 1.50 bits per heavy atom. The van der Waals surface area contributed by atoms with Gasteiger partial charge in [-0.05, 0) is 46.7 Å². The van der Waals surface area contributed by atoms with E-state index >= 15 is 0 Å². The third kappa shape index (κ3) is 2.05. The Kier molecular flexibility index (Phi) is 3.66. The van der Waals surface area contributed by atoms with Gasteiger partial charge in [-0.15, -0.1) is 11.8 Å². The van der Waals surface area contributed by atoms with E-state index in [-0.39, 0.29) is 0 Å². The zero-order valence-corrected chi connectivity index (χ0v) is 9.71. The summed E-state index contributed by atoms with van der Waals surface area (Å²) < 4.78 is 1.19. The second-order valence-corrected chi connectivity index (χ2v) is 4.41. The fraction of sp³-hybridized carbons (Fsp3) is 0.300. The Balaban J connectivity index is 3.14. The van der Waals surface area contributed by atoms with E-state index in [1.54, 1.807) is 11.8 Å². The molecular formula is C10H12BrS. The van der Waals surface area contributed by atoms with Gasteiger partial charge in [0.1, 0.15) is 0 Å². The number of hydrogen-bond donors (Lipinski definition) is 0. The van der Waals surface area contributed by atoms with E-state index in [0.29, 0.717) is 5.92 Å². The Hall–Kier alpha value is 0.0500. The lowest BCUT2D eigenvalue weighted by Crippen LogP contribution is -1.90. The van der Waals surface area contributed by atoms with Gasteiger partial charge >= 0.3 is 0 Å². The van der Waals surface area contributed by atoms with Gasteiger partial charge in [0.05, 0.1) is 0 Å². The Morgan fingerprint density at radius 2 is 2.17 bits per heavy atom. The highest BCUT2D eigenvalue weighted by Gasteiger charge is 2.07. The molecule has 0 aliphatic heterocycles. The molecule has 65 valence electrons. The molecule has 0 heterocycles. The molecule has 0 bridgehead atoms. The standard InChI is InChI=1S/C10H12BrS/c1-7(2)8-5-4-6-9(12-3)10(8)11/h4-7H,1H2,2-3H3. The minimum atomic E-state index is 0.339. The normalized spacial score (nSPS) is 10.8. The molecule has 2 heteroatoms. The maximum atomic E-state index is 4.01. The molecular weight excluding hydrogens is 232 g/mol. The largest absolute Gasteiger partial charge is 0.128 e. The molecule has 1 rings (SSSR count). The monoisotopic (exact) mass is 243 g/mol. The molecule has 0 amide bonds. The molecule has 1 radical (unpaired) electrons. The van der Waals surface area contributed by atoms with E-state index in [0.717, 1.165) is 0 Å². The van der Waals surface area contributed by atoms with Gasteiger partial charge in [0.25, 0.3) is 0 Å². The third-order valence-corrected chi connectivity index (χ3v) is 3.67. The van der Waals surface area contributed by atoms with Crippen LogP contribution in [0.4, 0.5) is 0 Å². The zero-order valence-electron chi connectivity index (χ0n) is 7.30. The molecule has 0 nitrogen and oxygen atoms in total. The van der Waals surface area contributed by atoms with E-state index < -0.39 is 0 Å². The van der Waals surface area contributed by atoms with Crippen molar-refractivity contribution in [2.24, 2.45) is 0 Å². The van der Waals surface area contributed by atoms with Crippen LogP contribution in [0, 0.1) is 6.92 Å². The van der Waals surface area contributed by atoms with E-state index in [1.807, 2.05) is 0 Å². The van der Waals surface area contributed by atoms with Gasteiger partial charge in [0, 0.05) is 9.37 Å².